The van der Waals surface area contributed by atoms with Gasteiger partial charge < -0.3 is 16.0 Å². The molecule has 0 radical (unpaired) electrons. The first-order valence-corrected chi connectivity index (χ1v) is 12.4. The van der Waals surface area contributed by atoms with Crippen molar-refractivity contribution >= 4 is 11.8 Å². The number of piperidine rings is 1. The third kappa shape index (κ3) is 5.73. The van der Waals surface area contributed by atoms with Crippen molar-refractivity contribution < 1.29 is 27.2 Å². The van der Waals surface area contributed by atoms with E-state index < -0.39 is 34.9 Å². The summed E-state index contributed by atoms with van der Waals surface area (Å²) in [7, 11) is 0. The summed E-state index contributed by atoms with van der Waals surface area (Å²) in [5.74, 6) is -1.43. The lowest BCUT2D eigenvalue weighted by atomic mass is 9.84. The summed E-state index contributed by atoms with van der Waals surface area (Å²) in [6.07, 6.45) is 3.73. The van der Waals surface area contributed by atoms with Crippen molar-refractivity contribution in [1.29, 1.82) is 0 Å². The van der Waals surface area contributed by atoms with Crippen LogP contribution in [0.15, 0.2) is 18.2 Å². The summed E-state index contributed by atoms with van der Waals surface area (Å²) in [6, 6.07) is 1.58. The van der Waals surface area contributed by atoms with E-state index in [1.807, 2.05) is 0 Å². The van der Waals surface area contributed by atoms with Crippen molar-refractivity contribution in [3.63, 3.8) is 0 Å². The van der Waals surface area contributed by atoms with E-state index in [-0.39, 0.29) is 17.5 Å². The van der Waals surface area contributed by atoms with Crippen LogP contribution >= 0.6 is 0 Å². The van der Waals surface area contributed by atoms with Crippen molar-refractivity contribution in [2.75, 3.05) is 13.1 Å². The third-order valence-electron chi connectivity index (χ3n) is 7.56. The van der Waals surface area contributed by atoms with Crippen molar-refractivity contribution in [3.8, 4) is 0 Å². The van der Waals surface area contributed by atoms with Crippen LogP contribution in [0.1, 0.15) is 75.3 Å². The predicted octanol–water partition coefficient (Wildman–Crippen LogP) is 4.20. The number of rotatable bonds is 7. The lowest BCUT2D eigenvalue weighted by Crippen LogP contribution is -2.55. The summed E-state index contributed by atoms with van der Waals surface area (Å²) in [5.41, 5.74) is -2.34. The summed E-state index contributed by atoms with van der Waals surface area (Å²) >= 11 is 0. The summed E-state index contributed by atoms with van der Waals surface area (Å²) in [6.45, 7) is 1.59. The van der Waals surface area contributed by atoms with E-state index in [1.54, 1.807) is 0 Å². The van der Waals surface area contributed by atoms with Crippen LogP contribution in [0.25, 0.3) is 0 Å². The van der Waals surface area contributed by atoms with Crippen LogP contribution < -0.4 is 16.0 Å². The zero-order chi connectivity index (χ0) is 24.3. The minimum atomic E-state index is -4.66. The fourth-order valence-corrected chi connectivity index (χ4v) is 5.38. The van der Waals surface area contributed by atoms with Gasteiger partial charge in [0.05, 0.1) is 11.0 Å². The van der Waals surface area contributed by atoms with Crippen molar-refractivity contribution in [2.45, 2.75) is 87.9 Å². The maximum Gasteiger partial charge on any atom is 0.416 e. The Balaban J connectivity index is 1.49. The van der Waals surface area contributed by atoms with Crippen molar-refractivity contribution in [1.82, 2.24) is 16.0 Å². The molecule has 2 atom stereocenters. The highest BCUT2D eigenvalue weighted by atomic mass is 19.4. The van der Waals surface area contributed by atoms with Gasteiger partial charge in [-0.05, 0) is 56.7 Å². The Morgan fingerprint density at radius 2 is 1.82 bits per heavy atom. The summed E-state index contributed by atoms with van der Waals surface area (Å²) < 4.78 is 53.5. The predicted molar refractivity (Wildman–Crippen MR) is 119 cm³/mol. The molecule has 3 aliphatic rings. The van der Waals surface area contributed by atoms with Gasteiger partial charge >= 0.3 is 6.18 Å². The maximum atomic E-state index is 14.7. The molecule has 188 valence electrons. The first-order valence-electron chi connectivity index (χ1n) is 12.4. The van der Waals surface area contributed by atoms with Crippen LogP contribution in [-0.2, 0) is 21.2 Å². The number of hydrogen-bond acceptors (Lipinski definition) is 3. The lowest BCUT2D eigenvalue weighted by Gasteiger charge is -2.30. The van der Waals surface area contributed by atoms with E-state index in [9.17, 15) is 27.2 Å². The van der Waals surface area contributed by atoms with Gasteiger partial charge in [0.25, 0.3) is 0 Å². The fraction of sp³-hybridized carbons (Fsp3) is 0.680. The largest absolute Gasteiger partial charge is 0.416 e. The first kappa shape index (κ1) is 24.9. The molecule has 1 aliphatic heterocycles. The number of carbonyl (C=O) groups excluding carboxylic acids is 2. The Kier molecular flexibility index (Phi) is 7.50. The molecule has 2 saturated carbocycles. The molecule has 3 fully saturated rings. The number of carbonyl (C=O) groups is 2. The van der Waals surface area contributed by atoms with Crippen LogP contribution in [0.2, 0.25) is 0 Å². The molecule has 0 bridgehead atoms. The second kappa shape index (κ2) is 10.2. The van der Waals surface area contributed by atoms with Gasteiger partial charge in [-0.15, -0.1) is 0 Å². The van der Waals surface area contributed by atoms with Gasteiger partial charge in [0.2, 0.25) is 11.8 Å². The number of alkyl halides is 3. The second-order valence-electron chi connectivity index (χ2n) is 10.1. The van der Waals surface area contributed by atoms with Crippen LogP contribution in [0.4, 0.5) is 17.6 Å². The molecular weight excluding hydrogens is 450 g/mol. The van der Waals surface area contributed by atoms with E-state index in [2.05, 4.69) is 16.0 Å². The maximum absolute atomic E-state index is 14.7. The number of nitrogens with one attached hydrogen (secondary N) is 3. The van der Waals surface area contributed by atoms with Gasteiger partial charge in [-0.3, -0.25) is 9.59 Å². The van der Waals surface area contributed by atoms with Gasteiger partial charge in [-0.1, -0.05) is 38.2 Å². The Labute approximate surface area is 197 Å². The summed E-state index contributed by atoms with van der Waals surface area (Å²) in [4.78, 5) is 26.5. The lowest BCUT2D eigenvalue weighted by molar-refractivity contribution is -0.137. The van der Waals surface area contributed by atoms with Crippen molar-refractivity contribution in [3.05, 3.63) is 35.1 Å². The minimum absolute atomic E-state index is 0.00532. The zero-order valence-corrected chi connectivity index (χ0v) is 19.3. The second-order valence-corrected chi connectivity index (χ2v) is 10.1. The molecule has 34 heavy (non-hydrogen) atoms. The Bertz CT molecular complexity index is 889. The number of amides is 2. The topological polar surface area (TPSA) is 70.2 Å². The molecule has 2 aliphatic carbocycles. The molecular formula is C25H33F4N3O2. The average Bonchev–Trinajstić information content (AvgIpc) is 3.61. The van der Waals surface area contributed by atoms with Gasteiger partial charge in [0.1, 0.15) is 11.9 Å². The Hall–Kier alpha value is -2.16. The molecule has 5 nitrogen and oxygen atoms in total. The highest BCUT2D eigenvalue weighted by molar-refractivity contribution is 5.95. The van der Waals surface area contributed by atoms with E-state index in [1.165, 1.54) is 6.42 Å². The third-order valence-corrected chi connectivity index (χ3v) is 7.56. The Morgan fingerprint density at radius 3 is 2.41 bits per heavy atom. The molecule has 1 saturated heterocycles. The molecule has 1 heterocycles. The quantitative estimate of drug-likeness (QED) is 0.509. The summed E-state index contributed by atoms with van der Waals surface area (Å²) in [5, 5.41) is 9.17. The van der Waals surface area contributed by atoms with Crippen LogP contribution in [0.3, 0.4) is 0 Å². The molecule has 2 unspecified atom stereocenters. The number of hydrogen-bond donors (Lipinski definition) is 3. The normalized spacial score (nSPS) is 23.7. The monoisotopic (exact) mass is 483 g/mol. The molecule has 3 N–H and O–H groups in total. The molecule has 1 aromatic rings. The fourth-order valence-electron chi connectivity index (χ4n) is 5.38. The van der Waals surface area contributed by atoms with Gasteiger partial charge in [0, 0.05) is 18.2 Å². The zero-order valence-electron chi connectivity index (χ0n) is 19.3. The van der Waals surface area contributed by atoms with E-state index >= 15 is 0 Å². The molecule has 1 aromatic carbocycles. The minimum Gasteiger partial charge on any atom is -0.350 e. The highest BCUT2D eigenvalue weighted by Crippen LogP contribution is 2.50. The molecule has 4 rings (SSSR count). The number of benzene rings is 1. The molecule has 2 amide bonds. The number of halogens is 4. The SMILES string of the molecule is O=C(NC1CCCNC1)C(CC1CCCCC1)NC(=O)C1(c2ccc(C(F)(F)F)cc2F)CC1. The van der Waals surface area contributed by atoms with Crippen LogP contribution in [0, 0.1) is 11.7 Å². The van der Waals surface area contributed by atoms with Crippen molar-refractivity contribution in [2.24, 2.45) is 5.92 Å². The molecule has 0 aromatic heterocycles. The van der Waals surface area contributed by atoms with Gasteiger partial charge in [-0.25, -0.2) is 4.39 Å². The van der Waals surface area contributed by atoms with E-state index in [0.717, 1.165) is 57.2 Å². The standard InChI is InChI=1S/C25H33F4N3O2/c26-20-14-17(25(27,28)29)8-9-19(20)24(10-11-24)23(34)32-21(13-16-5-2-1-3-6-16)22(33)31-18-7-4-12-30-15-18/h8-9,14,16,18,21,30H,1-7,10-13,15H2,(H,31,33)(H,32,34). The van der Waals surface area contributed by atoms with Gasteiger partial charge in [0.15, 0.2) is 0 Å². The van der Waals surface area contributed by atoms with E-state index in [4.69, 9.17) is 0 Å². The average molecular weight is 484 g/mol. The molecule has 9 heteroatoms. The molecule has 0 spiro atoms. The van der Waals surface area contributed by atoms with E-state index in [0.29, 0.717) is 37.8 Å². The van der Waals surface area contributed by atoms with Gasteiger partial charge in [-0.2, -0.15) is 13.2 Å². The smallest absolute Gasteiger partial charge is 0.350 e. The van der Waals surface area contributed by atoms with Crippen LogP contribution in [-0.4, -0.2) is 37.0 Å². The first-order chi connectivity index (χ1) is 16.2. The Morgan fingerprint density at radius 1 is 1.09 bits per heavy atom. The van der Waals surface area contributed by atoms with Crippen LogP contribution in [0.5, 0.6) is 0 Å². The highest BCUT2D eigenvalue weighted by Gasteiger charge is 2.53.